The van der Waals surface area contributed by atoms with Gasteiger partial charge in [0.05, 0.1) is 5.57 Å². The van der Waals surface area contributed by atoms with Gasteiger partial charge in [-0.3, -0.25) is 10.2 Å². The molecule has 0 bridgehead atoms. The summed E-state index contributed by atoms with van der Waals surface area (Å²) in [6.45, 7) is 8.97. The monoisotopic (exact) mass is 462 g/mol. The summed E-state index contributed by atoms with van der Waals surface area (Å²) in [5, 5.41) is 15.6. The second kappa shape index (κ2) is 9.62. The molecule has 8 heteroatoms. The van der Waals surface area contributed by atoms with Crippen molar-refractivity contribution in [2.45, 2.75) is 27.7 Å². The SMILES string of the molecule is Cc1ccc(OCCOc2ccc(/C=C3\C(=N)N4N=C(C(C)C)SC4=NC3=O)cc2)c(C)c1. The third-order valence-electron chi connectivity index (χ3n) is 5.10. The van der Waals surface area contributed by atoms with Gasteiger partial charge >= 0.3 is 0 Å². The Morgan fingerprint density at radius 1 is 1.09 bits per heavy atom. The molecule has 7 nitrogen and oxygen atoms in total. The fourth-order valence-electron chi connectivity index (χ4n) is 3.34. The van der Waals surface area contributed by atoms with Crippen molar-refractivity contribution in [3.63, 3.8) is 0 Å². The number of carbonyl (C=O) groups is 1. The van der Waals surface area contributed by atoms with Crippen molar-refractivity contribution in [2.75, 3.05) is 13.2 Å². The zero-order chi connectivity index (χ0) is 23.5. The molecule has 2 heterocycles. The van der Waals surface area contributed by atoms with E-state index in [2.05, 4.69) is 23.1 Å². The molecule has 0 saturated heterocycles. The van der Waals surface area contributed by atoms with Crippen LogP contribution in [-0.2, 0) is 4.79 Å². The number of ether oxygens (including phenoxy) is 2. The first-order chi connectivity index (χ1) is 15.8. The van der Waals surface area contributed by atoms with Crippen LogP contribution >= 0.6 is 11.8 Å². The van der Waals surface area contributed by atoms with E-state index in [9.17, 15) is 4.79 Å². The van der Waals surface area contributed by atoms with Gasteiger partial charge < -0.3 is 9.47 Å². The fourth-order valence-corrected chi connectivity index (χ4v) is 4.23. The molecule has 0 atom stereocenters. The van der Waals surface area contributed by atoms with Crippen LogP contribution < -0.4 is 9.47 Å². The van der Waals surface area contributed by atoms with E-state index < -0.39 is 5.91 Å². The average Bonchev–Trinajstić information content (AvgIpc) is 3.21. The predicted octanol–water partition coefficient (Wildman–Crippen LogP) is 5.04. The number of aliphatic imine (C=N–C) groups is 1. The Bertz CT molecular complexity index is 1180. The van der Waals surface area contributed by atoms with Crippen molar-refractivity contribution >= 4 is 39.8 Å². The molecule has 33 heavy (non-hydrogen) atoms. The lowest BCUT2D eigenvalue weighted by Gasteiger charge is -2.20. The Balaban J connectivity index is 1.36. The molecule has 2 aliphatic heterocycles. The predicted molar refractivity (Wildman–Crippen MR) is 133 cm³/mol. The van der Waals surface area contributed by atoms with E-state index in [1.165, 1.54) is 22.3 Å². The third kappa shape index (κ3) is 5.17. The summed E-state index contributed by atoms with van der Waals surface area (Å²) in [7, 11) is 0. The van der Waals surface area contributed by atoms with Gasteiger partial charge in [0.2, 0.25) is 5.17 Å². The number of amides is 1. The average molecular weight is 463 g/mol. The van der Waals surface area contributed by atoms with Gasteiger partial charge in [-0.1, -0.05) is 43.7 Å². The van der Waals surface area contributed by atoms with Crippen molar-refractivity contribution in [1.82, 2.24) is 5.01 Å². The molecule has 0 spiro atoms. The summed E-state index contributed by atoms with van der Waals surface area (Å²) in [6.07, 6.45) is 1.66. The van der Waals surface area contributed by atoms with Gasteiger partial charge in [0.25, 0.3) is 5.91 Å². The fraction of sp³-hybridized carbons (Fsp3) is 0.280. The molecule has 0 fully saturated rings. The quantitative estimate of drug-likeness (QED) is 0.460. The van der Waals surface area contributed by atoms with E-state index in [0.29, 0.717) is 24.1 Å². The first-order valence-corrected chi connectivity index (χ1v) is 11.6. The van der Waals surface area contributed by atoms with Crippen molar-refractivity contribution in [1.29, 1.82) is 5.41 Å². The first kappa shape index (κ1) is 22.8. The summed E-state index contributed by atoms with van der Waals surface area (Å²) in [5.41, 5.74) is 3.30. The number of fused-ring (bicyclic) bond motifs is 1. The number of nitrogens with one attached hydrogen (secondary N) is 1. The molecular weight excluding hydrogens is 436 g/mol. The van der Waals surface area contributed by atoms with Crippen molar-refractivity contribution in [3.8, 4) is 11.5 Å². The van der Waals surface area contributed by atoms with Crippen molar-refractivity contribution in [2.24, 2.45) is 16.0 Å². The van der Waals surface area contributed by atoms with E-state index in [0.717, 1.165) is 21.9 Å². The molecule has 0 aromatic heterocycles. The topological polar surface area (TPSA) is 87.3 Å². The summed E-state index contributed by atoms with van der Waals surface area (Å²) in [6, 6.07) is 13.4. The Labute approximate surface area is 197 Å². The number of hydrogen-bond donors (Lipinski definition) is 1. The minimum atomic E-state index is -0.428. The summed E-state index contributed by atoms with van der Waals surface area (Å²) >= 11 is 1.34. The maximum Gasteiger partial charge on any atom is 0.283 e. The molecule has 0 saturated carbocycles. The normalized spacial score (nSPS) is 16.8. The van der Waals surface area contributed by atoms with Crippen molar-refractivity contribution in [3.05, 3.63) is 64.7 Å². The van der Waals surface area contributed by atoms with E-state index in [1.807, 2.05) is 57.2 Å². The van der Waals surface area contributed by atoms with Crippen LogP contribution in [0.4, 0.5) is 0 Å². The lowest BCUT2D eigenvalue weighted by molar-refractivity contribution is -0.114. The smallest absolute Gasteiger partial charge is 0.283 e. The van der Waals surface area contributed by atoms with Crippen molar-refractivity contribution < 1.29 is 14.3 Å². The number of thioether (sulfide) groups is 1. The van der Waals surface area contributed by atoms with Crippen LogP contribution in [0.15, 0.2) is 58.1 Å². The molecule has 4 rings (SSSR count). The number of nitrogens with zero attached hydrogens (tertiary/aromatic N) is 3. The number of carbonyl (C=O) groups excluding carboxylic acids is 1. The van der Waals surface area contributed by atoms with Gasteiger partial charge in [-0.05, 0) is 61.0 Å². The van der Waals surface area contributed by atoms with Crippen LogP contribution in [0.3, 0.4) is 0 Å². The van der Waals surface area contributed by atoms with Crippen LogP contribution in [0.25, 0.3) is 6.08 Å². The Morgan fingerprint density at radius 3 is 2.52 bits per heavy atom. The number of benzene rings is 2. The molecule has 170 valence electrons. The van der Waals surface area contributed by atoms with E-state index >= 15 is 0 Å². The molecule has 0 aliphatic carbocycles. The lowest BCUT2D eigenvalue weighted by Crippen LogP contribution is -2.35. The van der Waals surface area contributed by atoms with Gasteiger partial charge in [0.15, 0.2) is 5.84 Å². The maximum atomic E-state index is 12.5. The Morgan fingerprint density at radius 2 is 1.82 bits per heavy atom. The molecule has 1 amide bonds. The largest absolute Gasteiger partial charge is 0.490 e. The summed E-state index contributed by atoms with van der Waals surface area (Å²) in [5.74, 6) is 1.38. The van der Waals surface area contributed by atoms with Crippen LogP contribution in [0.5, 0.6) is 11.5 Å². The van der Waals surface area contributed by atoms with Crippen LogP contribution in [0, 0.1) is 25.2 Å². The number of rotatable bonds is 7. The van der Waals surface area contributed by atoms with E-state index in [-0.39, 0.29) is 17.3 Å². The number of hydrogen-bond acceptors (Lipinski definition) is 6. The Kier molecular flexibility index (Phi) is 6.65. The Hall–Kier alpha value is -3.39. The highest BCUT2D eigenvalue weighted by atomic mass is 32.2. The molecule has 2 aromatic rings. The standard InChI is InChI=1S/C25H26N4O3S/c1-15(2)24-28-29-22(26)20(23(30)27-25(29)33-24)14-18-6-8-19(9-7-18)31-11-12-32-21-10-5-16(3)13-17(21)4/h5-10,13-15,26H,11-12H2,1-4H3/b20-14+,26-22?. The van der Waals surface area contributed by atoms with Gasteiger partial charge in [0.1, 0.15) is 29.8 Å². The molecule has 2 aliphatic rings. The zero-order valence-electron chi connectivity index (χ0n) is 19.1. The minimum absolute atomic E-state index is 0.0389. The van der Waals surface area contributed by atoms with E-state index in [1.54, 1.807) is 6.08 Å². The summed E-state index contributed by atoms with van der Waals surface area (Å²) in [4.78, 5) is 16.6. The lowest BCUT2D eigenvalue weighted by atomic mass is 10.1. The van der Waals surface area contributed by atoms with Gasteiger partial charge in [-0.25, -0.2) is 0 Å². The van der Waals surface area contributed by atoms with E-state index in [4.69, 9.17) is 14.9 Å². The second-order valence-corrected chi connectivity index (χ2v) is 9.14. The highest BCUT2D eigenvalue weighted by molar-refractivity contribution is 8.27. The maximum absolute atomic E-state index is 12.5. The second-order valence-electron chi connectivity index (χ2n) is 8.15. The minimum Gasteiger partial charge on any atom is -0.490 e. The van der Waals surface area contributed by atoms with Crippen LogP contribution in [0.1, 0.15) is 30.5 Å². The first-order valence-electron chi connectivity index (χ1n) is 10.7. The number of amidine groups is 2. The molecular formula is C25H26N4O3S. The summed E-state index contributed by atoms with van der Waals surface area (Å²) < 4.78 is 11.6. The molecule has 1 N–H and O–H groups in total. The number of hydrazone groups is 1. The number of aryl methyl sites for hydroxylation is 2. The third-order valence-corrected chi connectivity index (χ3v) is 6.30. The molecule has 0 unspecified atom stereocenters. The van der Waals surface area contributed by atoms with Crippen LogP contribution in [-0.4, -0.2) is 40.2 Å². The molecule has 2 aromatic carbocycles. The van der Waals surface area contributed by atoms with Gasteiger partial charge in [-0.15, -0.1) is 0 Å². The molecule has 0 radical (unpaired) electrons. The highest BCUT2D eigenvalue weighted by Gasteiger charge is 2.36. The zero-order valence-corrected chi connectivity index (χ0v) is 19.9. The van der Waals surface area contributed by atoms with Crippen LogP contribution in [0.2, 0.25) is 0 Å². The van der Waals surface area contributed by atoms with Gasteiger partial charge in [0, 0.05) is 5.92 Å². The highest BCUT2D eigenvalue weighted by Crippen LogP contribution is 2.31. The van der Waals surface area contributed by atoms with Gasteiger partial charge in [-0.2, -0.15) is 15.1 Å².